The number of amides is 5. The first-order valence-electron chi connectivity index (χ1n) is 6.81. The molecule has 0 radical (unpaired) electrons. The molecule has 1 rings (SSSR count). The van der Waals surface area contributed by atoms with Gasteiger partial charge in [0.15, 0.2) is 0 Å². The fourth-order valence-electron chi connectivity index (χ4n) is 1.53. The van der Waals surface area contributed by atoms with Crippen molar-refractivity contribution in [1.29, 1.82) is 0 Å². The number of hydrogen-bond donors (Lipinski definition) is 5. The van der Waals surface area contributed by atoms with Crippen LogP contribution in [-0.4, -0.2) is 62.3 Å². The number of carbonyl (C=O) groups excluding carboxylic acids is 5. The lowest BCUT2D eigenvalue weighted by Crippen LogP contribution is -2.45. The van der Waals surface area contributed by atoms with Crippen molar-refractivity contribution in [2.45, 2.75) is 12.8 Å². The highest BCUT2D eigenvalue weighted by Gasteiger charge is 2.11. The molecule has 0 atom stereocenters. The third kappa shape index (κ3) is 7.82. The Kier molecular flexibility index (Phi) is 7.37. The highest BCUT2D eigenvalue weighted by Crippen LogP contribution is 1.87. The molecule has 1 heterocycles. The molecule has 1 aliphatic rings. The molecule has 10 heteroatoms. The molecule has 5 amide bonds. The summed E-state index contributed by atoms with van der Waals surface area (Å²) in [4.78, 5) is 57.0. The van der Waals surface area contributed by atoms with Crippen LogP contribution in [0.4, 0.5) is 0 Å². The molecule has 0 unspecified atom stereocenters. The maximum atomic E-state index is 11.4. The van der Waals surface area contributed by atoms with Gasteiger partial charge in [-0.1, -0.05) is 0 Å². The van der Waals surface area contributed by atoms with Crippen molar-refractivity contribution in [2.75, 3.05) is 32.7 Å². The fraction of sp³-hybridized carbons (Fsp3) is 0.583. The second-order valence-electron chi connectivity index (χ2n) is 4.56. The minimum absolute atomic E-state index is 0.153. The zero-order valence-electron chi connectivity index (χ0n) is 12.0. The lowest BCUT2D eigenvalue weighted by atomic mass is 10.3. The summed E-state index contributed by atoms with van der Waals surface area (Å²) in [6, 6.07) is 0. The molecular formula is C12H19N5O5. The second kappa shape index (κ2) is 9.32. The van der Waals surface area contributed by atoms with Gasteiger partial charge in [0.2, 0.25) is 29.5 Å². The Morgan fingerprint density at radius 1 is 0.500 bits per heavy atom. The molecule has 1 saturated heterocycles. The van der Waals surface area contributed by atoms with E-state index in [-0.39, 0.29) is 51.0 Å². The van der Waals surface area contributed by atoms with E-state index in [0.29, 0.717) is 6.42 Å². The molecule has 10 nitrogen and oxygen atoms in total. The molecule has 1 aliphatic heterocycles. The minimum atomic E-state index is -0.552. The Labute approximate surface area is 126 Å². The first-order valence-corrected chi connectivity index (χ1v) is 6.81. The molecule has 1 fully saturated rings. The van der Waals surface area contributed by atoms with Crippen LogP contribution in [0.1, 0.15) is 12.8 Å². The van der Waals surface area contributed by atoms with Gasteiger partial charge in [-0.25, -0.2) is 0 Å². The molecule has 0 aromatic rings. The van der Waals surface area contributed by atoms with Crippen molar-refractivity contribution >= 4 is 29.5 Å². The molecule has 0 bridgehead atoms. The molecule has 0 saturated carbocycles. The molecule has 5 N–H and O–H groups in total. The summed E-state index contributed by atoms with van der Waals surface area (Å²) in [5.41, 5.74) is 0. The summed E-state index contributed by atoms with van der Waals surface area (Å²) >= 11 is 0. The maximum Gasteiger partial charge on any atom is 0.239 e. The average molecular weight is 313 g/mol. The van der Waals surface area contributed by atoms with Crippen LogP contribution in [-0.2, 0) is 24.0 Å². The Bertz CT molecular complexity index is 425. The number of rotatable bonds is 0. The Balaban J connectivity index is 2.51. The summed E-state index contributed by atoms with van der Waals surface area (Å²) in [5, 5.41) is 11.9. The van der Waals surface area contributed by atoms with Gasteiger partial charge in [-0.15, -0.1) is 0 Å². The van der Waals surface area contributed by atoms with E-state index >= 15 is 0 Å². The van der Waals surface area contributed by atoms with Crippen LogP contribution >= 0.6 is 0 Å². The van der Waals surface area contributed by atoms with E-state index in [0.717, 1.165) is 0 Å². The van der Waals surface area contributed by atoms with Crippen LogP contribution in [0.3, 0.4) is 0 Å². The predicted octanol–water partition coefficient (Wildman–Crippen LogP) is -3.64. The zero-order chi connectivity index (χ0) is 16.4. The van der Waals surface area contributed by atoms with Crippen LogP contribution < -0.4 is 26.6 Å². The van der Waals surface area contributed by atoms with Crippen molar-refractivity contribution < 1.29 is 24.0 Å². The third-order valence-corrected chi connectivity index (χ3v) is 2.69. The van der Waals surface area contributed by atoms with E-state index in [1.54, 1.807) is 0 Å². The van der Waals surface area contributed by atoms with Crippen molar-refractivity contribution in [1.82, 2.24) is 26.6 Å². The first-order chi connectivity index (χ1) is 10.5. The average Bonchev–Trinajstić information content (AvgIpc) is 2.50. The molecule has 0 spiro atoms. The van der Waals surface area contributed by atoms with E-state index in [2.05, 4.69) is 26.6 Å². The molecule has 122 valence electrons. The van der Waals surface area contributed by atoms with Gasteiger partial charge in [-0.05, 0) is 6.42 Å². The van der Waals surface area contributed by atoms with Gasteiger partial charge in [0.1, 0.15) is 0 Å². The van der Waals surface area contributed by atoms with E-state index in [1.165, 1.54) is 0 Å². The standard InChI is InChI=1S/C12H19N5O5/c18-8-2-1-3-13-9(19)4-15-11(21)6-17-12(22)7-16-10(20)5-14-8/h1-7H2,(H,13,19)(H,14,18)(H,15,21)(H,16,20)(H,17,22). The summed E-state index contributed by atoms with van der Waals surface area (Å²) in [7, 11) is 0. The zero-order valence-corrected chi connectivity index (χ0v) is 12.0. The fourth-order valence-corrected chi connectivity index (χ4v) is 1.53. The molecule has 22 heavy (non-hydrogen) atoms. The van der Waals surface area contributed by atoms with Crippen molar-refractivity contribution in [3.63, 3.8) is 0 Å². The van der Waals surface area contributed by atoms with Gasteiger partial charge >= 0.3 is 0 Å². The number of carbonyl (C=O) groups is 5. The van der Waals surface area contributed by atoms with Crippen molar-refractivity contribution in [2.24, 2.45) is 0 Å². The monoisotopic (exact) mass is 313 g/mol. The number of nitrogens with one attached hydrogen (secondary N) is 5. The highest BCUT2D eigenvalue weighted by molar-refractivity contribution is 5.91. The van der Waals surface area contributed by atoms with E-state index in [9.17, 15) is 24.0 Å². The Hall–Kier alpha value is -2.65. The lowest BCUT2D eigenvalue weighted by molar-refractivity contribution is -0.129. The van der Waals surface area contributed by atoms with Crippen molar-refractivity contribution in [3.05, 3.63) is 0 Å². The van der Waals surface area contributed by atoms with Crippen LogP contribution in [0.25, 0.3) is 0 Å². The molecule has 0 aromatic heterocycles. The summed E-state index contributed by atoms with van der Waals surface area (Å²) < 4.78 is 0. The normalized spacial score (nSPS) is 19.9. The predicted molar refractivity (Wildman–Crippen MR) is 74.3 cm³/mol. The summed E-state index contributed by atoms with van der Waals surface area (Å²) in [5.74, 6) is -2.29. The SMILES string of the molecule is O=C1CCCNC(=O)CNC(=O)CNC(=O)CNC(=O)CN1. The van der Waals surface area contributed by atoms with Gasteiger partial charge in [-0.3, -0.25) is 24.0 Å². The van der Waals surface area contributed by atoms with Crippen LogP contribution in [0.5, 0.6) is 0 Å². The summed E-state index contributed by atoms with van der Waals surface area (Å²) in [6.45, 7) is -0.761. The molecular weight excluding hydrogens is 294 g/mol. The minimum Gasteiger partial charge on any atom is -0.355 e. The van der Waals surface area contributed by atoms with E-state index < -0.39 is 17.7 Å². The smallest absolute Gasteiger partial charge is 0.239 e. The van der Waals surface area contributed by atoms with Gasteiger partial charge < -0.3 is 26.6 Å². The Morgan fingerprint density at radius 2 is 0.864 bits per heavy atom. The topological polar surface area (TPSA) is 146 Å². The van der Waals surface area contributed by atoms with E-state index in [1.807, 2.05) is 0 Å². The second-order valence-corrected chi connectivity index (χ2v) is 4.56. The largest absolute Gasteiger partial charge is 0.355 e. The van der Waals surface area contributed by atoms with Gasteiger partial charge in [-0.2, -0.15) is 0 Å². The quantitative estimate of drug-likeness (QED) is 0.313. The maximum absolute atomic E-state index is 11.4. The first kappa shape index (κ1) is 17.4. The van der Waals surface area contributed by atoms with Gasteiger partial charge in [0, 0.05) is 13.0 Å². The molecule has 0 aliphatic carbocycles. The van der Waals surface area contributed by atoms with Crippen LogP contribution in [0.15, 0.2) is 0 Å². The lowest BCUT2D eigenvalue weighted by Gasteiger charge is -2.07. The van der Waals surface area contributed by atoms with Crippen LogP contribution in [0, 0.1) is 0 Å². The number of hydrogen-bond acceptors (Lipinski definition) is 5. The van der Waals surface area contributed by atoms with Crippen molar-refractivity contribution in [3.8, 4) is 0 Å². The van der Waals surface area contributed by atoms with E-state index in [4.69, 9.17) is 0 Å². The molecule has 0 aromatic carbocycles. The van der Waals surface area contributed by atoms with Gasteiger partial charge in [0.05, 0.1) is 26.2 Å². The Morgan fingerprint density at radius 3 is 1.32 bits per heavy atom. The van der Waals surface area contributed by atoms with Gasteiger partial charge in [0.25, 0.3) is 0 Å². The third-order valence-electron chi connectivity index (χ3n) is 2.69. The van der Waals surface area contributed by atoms with Crippen LogP contribution in [0.2, 0.25) is 0 Å². The highest BCUT2D eigenvalue weighted by atomic mass is 16.2. The summed E-state index contributed by atoms with van der Waals surface area (Å²) in [6.07, 6.45) is 0.563.